The molecule has 6 nitrogen and oxygen atoms in total. The molecule has 2 aromatic rings. The molecule has 0 radical (unpaired) electrons. The van der Waals surface area contributed by atoms with Crippen molar-refractivity contribution in [2.75, 3.05) is 27.9 Å². The second-order valence-electron chi connectivity index (χ2n) is 5.70. The van der Waals surface area contributed by atoms with Gasteiger partial charge in [-0.15, -0.1) is 0 Å². The van der Waals surface area contributed by atoms with Crippen LogP contribution in [0.1, 0.15) is 18.1 Å². The van der Waals surface area contributed by atoms with Gasteiger partial charge in [0.25, 0.3) is 0 Å². The number of ether oxygens (including phenoxy) is 3. The second-order valence-corrected chi connectivity index (χ2v) is 6.13. The van der Waals surface area contributed by atoms with E-state index in [1.165, 1.54) is 0 Å². The number of halogens is 1. The number of nitrogens with zero attached hydrogens (tertiary/aromatic N) is 1. The maximum atomic E-state index is 6.03. The Kier molecular flexibility index (Phi) is 8.07. The summed E-state index contributed by atoms with van der Waals surface area (Å²) in [6.07, 6.45) is 0. The number of hydrogen-bond donors (Lipinski definition) is 2. The van der Waals surface area contributed by atoms with Crippen LogP contribution in [0.25, 0.3) is 0 Å². The Labute approximate surface area is 165 Å². The molecule has 0 heterocycles. The third-order valence-electron chi connectivity index (χ3n) is 3.89. The lowest BCUT2D eigenvalue weighted by molar-refractivity contribution is 0.347. The SMILES string of the molecule is CCNC(=NCc1cccc(Cl)c1)NCc1cc(OC)c(OC)cc1OC. The van der Waals surface area contributed by atoms with Crippen molar-refractivity contribution < 1.29 is 14.2 Å². The third kappa shape index (κ3) is 5.96. The minimum atomic E-state index is 0.519. The highest BCUT2D eigenvalue weighted by Gasteiger charge is 2.12. The zero-order chi connectivity index (χ0) is 19.6. The molecule has 2 rings (SSSR count). The van der Waals surface area contributed by atoms with Crippen LogP contribution >= 0.6 is 11.6 Å². The van der Waals surface area contributed by atoms with E-state index in [1.54, 1.807) is 21.3 Å². The maximum Gasteiger partial charge on any atom is 0.191 e. The van der Waals surface area contributed by atoms with Crippen molar-refractivity contribution >= 4 is 17.6 Å². The lowest BCUT2D eigenvalue weighted by Gasteiger charge is -2.16. The first-order valence-electron chi connectivity index (χ1n) is 8.66. The molecule has 7 heteroatoms. The molecule has 2 N–H and O–H groups in total. The van der Waals surface area contributed by atoms with Gasteiger partial charge in [-0.05, 0) is 30.7 Å². The lowest BCUT2D eigenvalue weighted by Crippen LogP contribution is -2.36. The molecule has 0 saturated heterocycles. The van der Waals surface area contributed by atoms with Gasteiger partial charge in [-0.3, -0.25) is 0 Å². The Morgan fingerprint density at radius 1 is 0.963 bits per heavy atom. The first kappa shape index (κ1) is 20.7. The Hall–Kier alpha value is -2.60. The van der Waals surface area contributed by atoms with Gasteiger partial charge in [0.1, 0.15) is 5.75 Å². The Bertz CT molecular complexity index is 781. The topological polar surface area (TPSA) is 64.1 Å². The average molecular weight is 392 g/mol. The van der Waals surface area contributed by atoms with E-state index in [0.29, 0.717) is 41.3 Å². The number of hydrogen-bond acceptors (Lipinski definition) is 4. The quantitative estimate of drug-likeness (QED) is 0.531. The summed E-state index contributed by atoms with van der Waals surface area (Å²) in [5.41, 5.74) is 1.98. The highest BCUT2D eigenvalue weighted by molar-refractivity contribution is 6.30. The number of methoxy groups -OCH3 is 3. The summed E-state index contributed by atoms with van der Waals surface area (Å²) in [6, 6.07) is 11.4. The normalized spacial score (nSPS) is 11.1. The molecule has 0 bridgehead atoms. The Morgan fingerprint density at radius 3 is 2.30 bits per heavy atom. The number of rotatable bonds is 8. The molecule has 2 aromatic carbocycles. The molecule has 0 atom stereocenters. The van der Waals surface area contributed by atoms with Gasteiger partial charge in [0.05, 0.1) is 27.9 Å². The molecular weight excluding hydrogens is 366 g/mol. The van der Waals surface area contributed by atoms with Gasteiger partial charge in [-0.25, -0.2) is 4.99 Å². The Morgan fingerprint density at radius 2 is 1.67 bits per heavy atom. The van der Waals surface area contributed by atoms with E-state index in [0.717, 1.165) is 17.7 Å². The first-order valence-corrected chi connectivity index (χ1v) is 9.04. The van der Waals surface area contributed by atoms with Gasteiger partial charge < -0.3 is 24.8 Å². The number of benzene rings is 2. The monoisotopic (exact) mass is 391 g/mol. The number of nitrogens with one attached hydrogen (secondary N) is 2. The van der Waals surface area contributed by atoms with Crippen molar-refractivity contribution in [2.45, 2.75) is 20.0 Å². The van der Waals surface area contributed by atoms with Crippen molar-refractivity contribution in [3.63, 3.8) is 0 Å². The summed E-state index contributed by atoms with van der Waals surface area (Å²) in [5, 5.41) is 7.25. The Balaban J connectivity index is 2.14. The van der Waals surface area contributed by atoms with E-state index in [4.69, 9.17) is 25.8 Å². The van der Waals surface area contributed by atoms with Gasteiger partial charge in [0.15, 0.2) is 17.5 Å². The highest BCUT2D eigenvalue weighted by atomic mass is 35.5. The fourth-order valence-electron chi connectivity index (χ4n) is 2.56. The van der Waals surface area contributed by atoms with Gasteiger partial charge in [-0.1, -0.05) is 23.7 Å². The molecule has 27 heavy (non-hydrogen) atoms. The summed E-state index contributed by atoms with van der Waals surface area (Å²) in [4.78, 5) is 4.61. The molecule has 146 valence electrons. The van der Waals surface area contributed by atoms with Crippen molar-refractivity contribution in [3.05, 3.63) is 52.5 Å². The summed E-state index contributed by atoms with van der Waals surface area (Å²) >= 11 is 6.03. The minimum absolute atomic E-state index is 0.519. The summed E-state index contributed by atoms with van der Waals surface area (Å²) < 4.78 is 16.2. The predicted octanol–water partition coefficient (Wildman–Crippen LogP) is 3.62. The molecule has 0 unspecified atom stereocenters. The van der Waals surface area contributed by atoms with Crippen LogP contribution in [0.15, 0.2) is 41.4 Å². The molecule has 0 aliphatic carbocycles. The van der Waals surface area contributed by atoms with Crippen LogP contribution in [-0.4, -0.2) is 33.8 Å². The van der Waals surface area contributed by atoms with Crippen LogP contribution in [0.5, 0.6) is 17.2 Å². The molecule has 0 fully saturated rings. The zero-order valence-electron chi connectivity index (χ0n) is 16.1. The van der Waals surface area contributed by atoms with Crippen molar-refractivity contribution in [1.82, 2.24) is 10.6 Å². The lowest BCUT2D eigenvalue weighted by atomic mass is 10.1. The van der Waals surface area contributed by atoms with E-state index in [-0.39, 0.29) is 0 Å². The molecule has 0 amide bonds. The maximum absolute atomic E-state index is 6.03. The smallest absolute Gasteiger partial charge is 0.191 e. The van der Waals surface area contributed by atoms with Crippen LogP contribution in [0.4, 0.5) is 0 Å². The van der Waals surface area contributed by atoms with Crippen LogP contribution in [0.3, 0.4) is 0 Å². The molecule has 0 saturated carbocycles. The number of aliphatic imine (C=N–C) groups is 1. The van der Waals surface area contributed by atoms with Gasteiger partial charge in [-0.2, -0.15) is 0 Å². The van der Waals surface area contributed by atoms with Crippen LogP contribution in [0.2, 0.25) is 5.02 Å². The highest BCUT2D eigenvalue weighted by Crippen LogP contribution is 2.34. The zero-order valence-corrected chi connectivity index (χ0v) is 16.9. The van der Waals surface area contributed by atoms with Gasteiger partial charge >= 0.3 is 0 Å². The van der Waals surface area contributed by atoms with E-state index < -0.39 is 0 Å². The minimum Gasteiger partial charge on any atom is -0.496 e. The molecular formula is C20H26ClN3O3. The summed E-state index contributed by atoms with van der Waals surface area (Å²) in [6.45, 7) is 3.82. The predicted molar refractivity (Wildman–Crippen MR) is 109 cm³/mol. The van der Waals surface area contributed by atoms with E-state index >= 15 is 0 Å². The molecule has 0 aliphatic rings. The van der Waals surface area contributed by atoms with Crippen LogP contribution in [0, 0.1) is 0 Å². The van der Waals surface area contributed by atoms with Crippen molar-refractivity contribution in [1.29, 1.82) is 0 Å². The molecule has 0 spiro atoms. The van der Waals surface area contributed by atoms with Crippen LogP contribution < -0.4 is 24.8 Å². The average Bonchev–Trinajstić information content (AvgIpc) is 2.69. The molecule has 0 aromatic heterocycles. The first-order chi connectivity index (χ1) is 13.1. The third-order valence-corrected chi connectivity index (χ3v) is 4.12. The summed E-state index contributed by atoms with van der Waals surface area (Å²) in [7, 11) is 4.84. The molecule has 0 aliphatic heterocycles. The van der Waals surface area contributed by atoms with Gasteiger partial charge in [0.2, 0.25) is 0 Å². The number of guanidine groups is 1. The van der Waals surface area contributed by atoms with Crippen molar-refractivity contribution in [3.8, 4) is 17.2 Å². The van der Waals surface area contributed by atoms with E-state index in [1.807, 2.05) is 43.3 Å². The largest absolute Gasteiger partial charge is 0.496 e. The van der Waals surface area contributed by atoms with E-state index in [2.05, 4.69) is 15.6 Å². The summed E-state index contributed by atoms with van der Waals surface area (Å²) in [5.74, 6) is 2.69. The fraction of sp³-hybridized carbons (Fsp3) is 0.350. The van der Waals surface area contributed by atoms with Crippen LogP contribution in [-0.2, 0) is 13.1 Å². The van der Waals surface area contributed by atoms with Gasteiger partial charge in [0, 0.05) is 29.7 Å². The standard InChI is InChI=1S/C20H26ClN3O3/c1-5-22-20(23-12-14-7-6-8-16(21)9-14)24-13-15-10-18(26-3)19(27-4)11-17(15)25-2/h6-11H,5,12-13H2,1-4H3,(H2,22,23,24). The second kappa shape index (κ2) is 10.5. The fourth-order valence-corrected chi connectivity index (χ4v) is 2.77. The van der Waals surface area contributed by atoms with E-state index in [9.17, 15) is 0 Å². The van der Waals surface area contributed by atoms with Crippen molar-refractivity contribution in [2.24, 2.45) is 4.99 Å².